The van der Waals surface area contributed by atoms with Crippen molar-refractivity contribution in [3.63, 3.8) is 0 Å². The van der Waals surface area contributed by atoms with Gasteiger partial charge in [0.2, 0.25) is 5.91 Å². The summed E-state index contributed by atoms with van der Waals surface area (Å²) in [6.45, 7) is 4.17. The minimum Gasteiger partial charge on any atom is -0.493 e. The summed E-state index contributed by atoms with van der Waals surface area (Å²) >= 11 is 0. The van der Waals surface area contributed by atoms with E-state index in [1.807, 2.05) is 24.0 Å². The first-order valence-corrected chi connectivity index (χ1v) is 15.9. The highest BCUT2D eigenvalue weighted by atomic mass is 19.1. The number of aromatic amines is 1. The number of hydrogen-bond donors (Lipinski definition) is 2. The van der Waals surface area contributed by atoms with Gasteiger partial charge in [-0.2, -0.15) is 0 Å². The van der Waals surface area contributed by atoms with Crippen LogP contribution in [0, 0.1) is 11.6 Å². The van der Waals surface area contributed by atoms with Gasteiger partial charge >= 0.3 is 5.97 Å². The number of carboxylic acid groups (broad SMARTS) is 1. The Hall–Kier alpha value is -5.33. The number of pyridine rings is 2. The number of carbonyl (C=O) groups is 3. The number of carbonyl (C=O) groups excluding carboxylic acids is 2. The molecule has 0 aliphatic carbocycles. The molecule has 0 atom stereocenters. The van der Waals surface area contributed by atoms with Gasteiger partial charge in [-0.05, 0) is 47.7 Å². The third kappa shape index (κ3) is 6.44. The number of aromatic nitrogens is 3. The maximum absolute atomic E-state index is 16.5. The molecule has 1 fully saturated rings. The van der Waals surface area contributed by atoms with Crippen LogP contribution in [0.5, 0.6) is 5.75 Å². The predicted molar refractivity (Wildman–Crippen MR) is 176 cm³/mol. The van der Waals surface area contributed by atoms with Gasteiger partial charge in [0, 0.05) is 80.7 Å². The van der Waals surface area contributed by atoms with Crippen LogP contribution in [0.1, 0.15) is 47.8 Å². The number of ether oxygens (including phenoxy) is 1. The molecular weight excluding hydrogens is 622 g/mol. The minimum absolute atomic E-state index is 0.130. The van der Waals surface area contributed by atoms with E-state index < -0.39 is 17.6 Å². The van der Waals surface area contributed by atoms with Gasteiger partial charge in [0.25, 0.3) is 5.91 Å². The summed E-state index contributed by atoms with van der Waals surface area (Å²) in [5.41, 5.74) is 3.83. The van der Waals surface area contributed by atoms with Crippen LogP contribution in [0.25, 0.3) is 27.6 Å². The molecule has 1 saturated heterocycles. The van der Waals surface area contributed by atoms with Gasteiger partial charge in [0.1, 0.15) is 11.5 Å². The van der Waals surface area contributed by atoms with Crippen molar-refractivity contribution in [2.75, 3.05) is 51.3 Å². The Kier molecular flexibility index (Phi) is 9.37. The van der Waals surface area contributed by atoms with Crippen LogP contribution in [0.2, 0.25) is 0 Å². The highest BCUT2D eigenvalue weighted by molar-refractivity contribution is 6.05. The lowest BCUT2D eigenvalue weighted by atomic mass is 9.91. The van der Waals surface area contributed by atoms with E-state index in [1.54, 1.807) is 34.3 Å². The molecule has 0 radical (unpaired) electrons. The Labute approximate surface area is 275 Å². The molecule has 2 aliphatic heterocycles. The smallest absolute Gasteiger partial charge is 0.303 e. The largest absolute Gasteiger partial charge is 0.493 e. The fraction of sp³-hybridized carbons (Fsp3) is 0.343. The molecule has 11 nitrogen and oxygen atoms in total. The van der Waals surface area contributed by atoms with Crippen LogP contribution >= 0.6 is 0 Å². The van der Waals surface area contributed by atoms with Crippen molar-refractivity contribution in [3.8, 4) is 16.9 Å². The zero-order valence-corrected chi connectivity index (χ0v) is 26.8. The van der Waals surface area contributed by atoms with Crippen molar-refractivity contribution in [2.24, 2.45) is 0 Å². The molecule has 4 aromatic rings. The maximum Gasteiger partial charge on any atom is 0.303 e. The second-order valence-electron chi connectivity index (χ2n) is 11.8. The van der Waals surface area contributed by atoms with E-state index in [4.69, 9.17) is 9.84 Å². The third-order valence-corrected chi connectivity index (χ3v) is 8.95. The quantitative estimate of drug-likeness (QED) is 0.259. The molecule has 48 heavy (non-hydrogen) atoms. The number of rotatable bonds is 9. The molecule has 2 aliphatic rings. The van der Waals surface area contributed by atoms with E-state index in [-0.39, 0.29) is 42.4 Å². The van der Waals surface area contributed by atoms with E-state index in [9.17, 15) is 18.8 Å². The van der Waals surface area contributed by atoms with Crippen molar-refractivity contribution in [1.82, 2.24) is 24.8 Å². The molecule has 0 saturated carbocycles. The molecule has 2 N–H and O–H groups in total. The molecule has 13 heteroatoms. The standard InChI is InChI=1S/C35H36F2N6O5/c1-3-21-8-9-38-19-27(21)25-16-24(22-5-4-10-43(20-22)30(44)6-7-31(45)46)32(37)33-26(25)17-28(40-33)35(47)42-13-11-41(12-14-42)34-29(48-2)15-23(36)18-39-34/h5,8-9,15-19,40H,3-4,6-7,10-14,20H2,1-2H3,(H,45,46). The predicted octanol–water partition coefficient (Wildman–Crippen LogP) is 4.92. The molecule has 0 unspecified atom stereocenters. The Balaban J connectivity index is 1.33. The minimum atomic E-state index is -1.05. The summed E-state index contributed by atoms with van der Waals surface area (Å²) in [7, 11) is 1.45. The van der Waals surface area contributed by atoms with Crippen LogP contribution < -0.4 is 9.64 Å². The lowest BCUT2D eigenvalue weighted by Crippen LogP contribution is -2.49. The number of aryl methyl sites for hydroxylation is 1. The van der Waals surface area contributed by atoms with Crippen LogP contribution in [0.15, 0.2) is 48.9 Å². The molecule has 6 rings (SSSR count). The normalized spacial score (nSPS) is 15.1. The van der Waals surface area contributed by atoms with Gasteiger partial charge in [0.05, 0.1) is 25.2 Å². The number of H-pyrrole nitrogens is 1. The zero-order valence-electron chi connectivity index (χ0n) is 26.8. The monoisotopic (exact) mass is 658 g/mol. The number of nitrogens with zero attached hydrogens (tertiary/aromatic N) is 5. The molecule has 1 aromatic carbocycles. The number of amides is 2. The summed E-state index contributed by atoms with van der Waals surface area (Å²) in [4.78, 5) is 54.4. The Morgan fingerprint density at radius 3 is 2.50 bits per heavy atom. The topological polar surface area (TPSA) is 132 Å². The van der Waals surface area contributed by atoms with E-state index in [0.717, 1.165) is 17.3 Å². The van der Waals surface area contributed by atoms with Crippen molar-refractivity contribution < 1.29 is 33.0 Å². The number of aliphatic carboxylic acids is 1. The van der Waals surface area contributed by atoms with Crippen LogP contribution in [-0.2, 0) is 16.0 Å². The van der Waals surface area contributed by atoms with Crippen molar-refractivity contribution >= 4 is 40.1 Å². The van der Waals surface area contributed by atoms with Crippen LogP contribution in [0.4, 0.5) is 14.6 Å². The third-order valence-electron chi connectivity index (χ3n) is 8.95. The number of nitrogens with one attached hydrogen (secondary N) is 1. The number of halogens is 2. The molecule has 2 amide bonds. The summed E-state index contributed by atoms with van der Waals surface area (Å²) in [5, 5.41) is 9.57. The summed E-state index contributed by atoms with van der Waals surface area (Å²) < 4.78 is 35.5. The first-order chi connectivity index (χ1) is 23.2. The number of methoxy groups -OCH3 is 1. The summed E-state index contributed by atoms with van der Waals surface area (Å²) in [5.74, 6) is -1.87. The summed E-state index contributed by atoms with van der Waals surface area (Å²) in [6, 6.07) is 6.63. The SMILES string of the molecule is CCc1ccncc1-c1cc(C2=CCCN(C(=O)CCC(=O)O)C2)c(F)c2[nH]c(C(=O)N3CCN(c4ncc(F)cc4OC)CC3)cc12. The van der Waals surface area contributed by atoms with Gasteiger partial charge < -0.3 is 29.5 Å². The van der Waals surface area contributed by atoms with E-state index in [0.29, 0.717) is 79.2 Å². The molecule has 3 aromatic heterocycles. The Morgan fingerprint density at radius 1 is 0.979 bits per heavy atom. The fourth-order valence-electron chi connectivity index (χ4n) is 6.42. The van der Waals surface area contributed by atoms with E-state index in [2.05, 4.69) is 15.0 Å². The Bertz CT molecular complexity index is 1920. The lowest BCUT2D eigenvalue weighted by molar-refractivity contribution is -0.140. The Morgan fingerprint density at radius 2 is 1.77 bits per heavy atom. The molecule has 5 heterocycles. The molecule has 0 bridgehead atoms. The van der Waals surface area contributed by atoms with Crippen molar-refractivity contribution in [3.05, 3.63) is 77.4 Å². The first kappa shape index (κ1) is 32.6. The summed E-state index contributed by atoms with van der Waals surface area (Å²) in [6.07, 6.45) is 7.26. The van der Waals surface area contributed by atoms with Gasteiger partial charge in [-0.1, -0.05) is 13.0 Å². The number of carboxylic acids is 1. The van der Waals surface area contributed by atoms with Gasteiger partial charge in [-0.15, -0.1) is 0 Å². The maximum atomic E-state index is 16.5. The lowest BCUT2D eigenvalue weighted by Gasteiger charge is -2.35. The second kappa shape index (κ2) is 13.8. The molecule has 0 spiro atoms. The van der Waals surface area contributed by atoms with Gasteiger partial charge in [-0.3, -0.25) is 19.4 Å². The number of hydrogen-bond acceptors (Lipinski definition) is 7. The van der Waals surface area contributed by atoms with E-state index >= 15 is 4.39 Å². The molecular formula is C35H36F2N6O5. The van der Waals surface area contributed by atoms with E-state index in [1.165, 1.54) is 13.2 Å². The number of piperazine rings is 1. The van der Waals surface area contributed by atoms with Crippen molar-refractivity contribution in [2.45, 2.75) is 32.6 Å². The average molecular weight is 659 g/mol. The van der Waals surface area contributed by atoms with Crippen molar-refractivity contribution in [1.29, 1.82) is 0 Å². The highest BCUT2D eigenvalue weighted by Crippen LogP contribution is 2.38. The van der Waals surface area contributed by atoms with Crippen LogP contribution in [-0.4, -0.2) is 94.0 Å². The van der Waals surface area contributed by atoms with Gasteiger partial charge in [-0.25, -0.2) is 13.8 Å². The average Bonchev–Trinajstić information content (AvgIpc) is 3.57. The van der Waals surface area contributed by atoms with Gasteiger partial charge in [0.15, 0.2) is 17.4 Å². The fourth-order valence-corrected chi connectivity index (χ4v) is 6.42. The number of fused-ring (bicyclic) bond motifs is 1. The highest BCUT2D eigenvalue weighted by Gasteiger charge is 2.29. The zero-order chi connectivity index (χ0) is 33.9. The number of benzene rings is 1. The van der Waals surface area contributed by atoms with Crippen LogP contribution in [0.3, 0.4) is 0 Å². The second-order valence-corrected chi connectivity index (χ2v) is 11.8. The molecule has 250 valence electrons. The number of anilines is 1. The first-order valence-electron chi connectivity index (χ1n) is 15.9.